The molecule has 0 aliphatic carbocycles. The Morgan fingerprint density at radius 3 is 2.70 bits per heavy atom. The molecule has 23 heavy (non-hydrogen) atoms. The van der Waals surface area contributed by atoms with Crippen LogP contribution in [0.5, 0.6) is 0 Å². The number of fused-ring (bicyclic) bond motifs is 1. The largest absolute Gasteiger partial charge is 0.478 e. The number of rotatable bonds is 3. The molecule has 1 N–H and O–H groups in total. The van der Waals surface area contributed by atoms with Crippen molar-refractivity contribution in [3.8, 4) is 10.4 Å². The minimum atomic E-state index is -0.931. The number of hydrogen-bond donors (Lipinski definition) is 1. The maximum atomic E-state index is 11.6. The molecule has 1 amide bonds. The molecule has 2 heterocycles. The van der Waals surface area contributed by atoms with Crippen molar-refractivity contribution in [2.45, 2.75) is 20.3 Å². The number of anilines is 1. The fourth-order valence-corrected chi connectivity index (χ4v) is 3.82. The van der Waals surface area contributed by atoms with E-state index in [1.807, 2.05) is 24.3 Å². The number of amides is 1. The van der Waals surface area contributed by atoms with E-state index in [1.54, 1.807) is 30.1 Å². The van der Waals surface area contributed by atoms with Gasteiger partial charge in [-0.3, -0.25) is 4.79 Å². The van der Waals surface area contributed by atoms with Gasteiger partial charge in [0.1, 0.15) is 0 Å². The van der Waals surface area contributed by atoms with Crippen LogP contribution < -0.4 is 4.90 Å². The number of aliphatic carboxylic acids is 1. The van der Waals surface area contributed by atoms with Crippen molar-refractivity contribution >= 4 is 34.5 Å². The van der Waals surface area contributed by atoms with E-state index in [1.165, 1.54) is 11.6 Å². The normalized spacial score (nSPS) is 14.0. The topological polar surface area (TPSA) is 57.6 Å². The number of carboxylic acids is 1. The molecule has 0 unspecified atom stereocenters. The van der Waals surface area contributed by atoms with E-state index in [2.05, 4.69) is 6.07 Å². The van der Waals surface area contributed by atoms with Crippen molar-refractivity contribution in [3.05, 3.63) is 46.8 Å². The maximum Gasteiger partial charge on any atom is 0.328 e. The first-order valence-electron chi connectivity index (χ1n) is 7.38. The molecule has 3 rings (SSSR count). The third-order valence-corrected chi connectivity index (χ3v) is 5.24. The molecule has 1 aromatic heterocycles. The molecule has 1 aromatic carbocycles. The summed E-state index contributed by atoms with van der Waals surface area (Å²) in [6.07, 6.45) is 2.10. The number of hydrogen-bond acceptors (Lipinski definition) is 3. The molecule has 0 fully saturated rings. The summed E-state index contributed by atoms with van der Waals surface area (Å²) in [6, 6.07) is 10.1. The number of carbonyl (C=O) groups is 2. The van der Waals surface area contributed by atoms with Crippen LogP contribution in [-0.2, 0) is 16.0 Å². The van der Waals surface area contributed by atoms with E-state index in [-0.39, 0.29) is 5.91 Å². The summed E-state index contributed by atoms with van der Waals surface area (Å²) in [5.74, 6) is -0.858. The lowest BCUT2D eigenvalue weighted by molar-refractivity contribution is -0.131. The Labute approximate surface area is 138 Å². The molecule has 0 spiro atoms. The Morgan fingerprint density at radius 1 is 1.22 bits per heavy atom. The fourth-order valence-electron chi connectivity index (χ4n) is 2.84. The summed E-state index contributed by atoms with van der Waals surface area (Å²) in [7, 11) is 0. The van der Waals surface area contributed by atoms with Gasteiger partial charge >= 0.3 is 5.97 Å². The smallest absolute Gasteiger partial charge is 0.328 e. The van der Waals surface area contributed by atoms with Crippen LogP contribution in [0, 0.1) is 0 Å². The summed E-state index contributed by atoms with van der Waals surface area (Å²) in [6.45, 7) is 4.13. The van der Waals surface area contributed by atoms with Crippen LogP contribution in [0.2, 0.25) is 0 Å². The predicted octanol–water partition coefficient (Wildman–Crippen LogP) is 3.81. The van der Waals surface area contributed by atoms with Crippen LogP contribution in [0.3, 0.4) is 0 Å². The SMILES string of the molecule is CC(=O)N1CCc2cc(-c3ccc(/C(C)=C/C(=O)O)s3)ccc21. The van der Waals surface area contributed by atoms with Crippen LogP contribution in [0.25, 0.3) is 16.0 Å². The minimum absolute atomic E-state index is 0.0735. The van der Waals surface area contributed by atoms with Gasteiger partial charge in [-0.05, 0) is 54.3 Å². The molecule has 0 radical (unpaired) electrons. The first kappa shape index (κ1) is 15.5. The molecule has 0 bridgehead atoms. The summed E-state index contributed by atoms with van der Waals surface area (Å²) >= 11 is 1.58. The van der Waals surface area contributed by atoms with Crippen molar-refractivity contribution in [2.75, 3.05) is 11.4 Å². The standard InChI is InChI=1S/C18H17NO3S/c1-11(9-18(21)22)16-5-6-17(23-16)14-3-4-15-13(10-14)7-8-19(15)12(2)20/h3-6,9-10H,7-8H2,1-2H3,(H,21,22)/b11-9+. The molecule has 118 valence electrons. The lowest BCUT2D eigenvalue weighted by atomic mass is 10.1. The highest BCUT2D eigenvalue weighted by molar-refractivity contribution is 7.16. The second-order valence-corrected chi connectivity index (χ2v) is 6.68. The summed E-state index contributed by atoms with van der Waals surface area (Å²) in [5.41, 5.74) is 4.04. The van der Waals surface area contributed by atoms with Crippen molar-refractivity contribution in [2.24, 2.45) is 0 Å². The monoisotopic (exact) mass is 327 g/mol. The summed E-state index contributed by atoms with van der Waals surface area (Å²) in [4.78, 5) is 26.2. The molecule has 0 atom stereocenters. The Bertz CT molecular complexity index is 819. The molecular formula is C18H17NO3S. The van der Waals surface area contributed by atoms with Gasteiger partial charge < -0.3 is 10.0 Å². The highest BCUT2D eigenvalue weighted by atomic mass is 32.1. The number of nitrogens with zero attached hydrogens (tertiary/aromatic N) is 1. The van der Waals surface area contributed by atoms with Gasteiger partial charge in [-0.15, -0.1) is 11.3 Å². The maximum absolute atomic E-state index is 11.6. The average Bonchev–Trinajstić information content (AvgIpc) is 3.12. The number of carboxylic acid groups (broad SMARTS) is 1. The first-order chi connectivity index (χ1) is 11.0. The van der Waals surface area contributed by atoms with Crippen molar-refractivity contribution in [3.63, 3.8) is 0 Å². The Hall–Kier alpha value is -2.40. The highest BCUT2D eigenvalue weighted by Gasteiger charge is 2.22. The van der Waals surface area contributed by atoms with Gasteiger partial charge in [0, 0.05) is 35.0 Å². The van der Waals surface area contributed by atoms with Crippen LogP contribution >= 0.6 is 11.3 Å². The average molecular weight is 327 g/mol. The molecule has 0 saturated carbocycles. The van der Waals surface area contributed by atoms with Gasteiger partial charge in [0.15, 0.2) is 0 Å². The Morgan fingerprint density at radius 2 is 2.00 bits per heavy atom. The van der Waals surface area contributed by atoms with E-state index >= 15 is 0 Å². The third kappa shape index (κ3) is 3.05. The second kappa shape index (κ2) is 6.01. The van der Waals surface area contributed by atoms with Crippen molar-refractivity contribution in [1.29, 1.82) is 0 Å². The Balaban J connectivity index is 1.91. The molecule has 2 aromatic rings. The van der Waals surface area contributed by atoms with E-state index in [9.17, 15) is 9.59 Å². The molecule has 4 nitrogen and oxygen atoms in total. The quantitative estimate of drug-likeness (QED) is 0.872. The zero-order valence-electron chi connectivity index (χ0n) is 13.0. The first-order valence-corrected chi connectivity index (χ1v) is 8.20. The minimum Gasteiger partial charge on any atom is -0.478 e. The molecule has 5 heteroatoms. The lowest BCUT2D eigenvalue weighted by Gasteiger charge is -2.14. The van der Waals surface area contributed by atoms with Crippen LogP contribution in [0.4, 0.5) is 5.69 Å². The van der Waals surface area contributed by atoms with Gasteiger partial charge in [0.2, 0.25) is 5.91 Å². The molecule has 0 saturated heterocycles. The van der Waals surface area contributed by atoms with Gasteiger partial charge in [0.05, 0.1) is 0 Å². The number of allylic oxidation sites excluding steroid dienone is 1. The Kier molecular flexibility index (Phi) is 4.05. The van der Waals surface area contributed by atoms with E-state index < -0.39 is 5.97 Å². The number of thiophene rings is 1. The van der Waals surface area contributed by atoms with Gasteiger partial charge in [-0.2, -0.15) is 0 Å². The zero-order valence-corrected chi connectivity index (χ0v) is 13.8. The molecule has 1 aliphatic heterocycles. The van der Waals surface area contributed by atoms with E-state index in [0.29, 0.717) is 0 Å². The summed E-state index contributed by atoms with van der Waals surface area (Å²) in [5, 5.41) is 8.84. The highest BCUT2D eigenvalue weighted by Crippen LogP contribution is 2.36. The molecular weight excluding hydrogens is 310 g/mol. The lowest BCUT2D eigenvalue weighted by Crippen LogP contribution is -2.25. The van der Waals surface area contributed by atoms with Gasteiger partial charge in [-0.25, -0.2) is 4.79 Å². The zero-order chi connectivity index (χ0) is 16.6. The van der Waals surface area contributed by atoms with E-state index in [4.69, 9.17) is 5.11 Å². The second-order valence-electron chi connectivity index (χ2n) is 5.59. The van der Waals surface area contributed by atoms with E-state index in [0.717, 1.165) is 39.5 Å². The number of carbonyl (C=O) groups excluding carboxylic acids is 1. The number of benzene rings is 1. The van der Waals surface area contributed by atoms with Crippen LogP contribution in [0.1, 0.15) is 24.3 Å². The van der Waals surface area contributed by atoms with Crippen LogP contribution in [-0.4, -0.2) is 23.5 Å². The van der Waals surface area contributed by atoms with Crippen molar-refractivity contribution < 1.29 is 14.7 Å². The van der Waals surface area contributed by atoms with Crippen molar-refractivity contribution in [1.82, 2.24) is 0 Å². The fraction of sp³-hybridized carbons (Fsp3) is 0.222. The molecule has 1 aliphatic rings. The third-order valence-electron chi connectivity index (χ3n) is 3.97. The van der Waals surface area contributed by atoms with Gasteiger partial charge in [0.25, 0.3) is 0 Å². The van der Waals surface area contributed by atoms with Crippen LogP contribution in [0.15, 0.2) is 36.4 Å². The summed E-state index contributed by atoms with van der Waals surface area (Å²) < 4.78 is 0. The van der Waals surface area contributed by atoms with Gasteiger partial charge in [-0.1, -0.05) is 6.07 Å². The predicted molar refractivity (Wildman–Crippen MR) is 92.8 cm³/mol.